The molecule has 6 heteroatoms. The number of halogens is 1. The first kappa shape index (κ1) is 15.0. The minimum atomic E-state index is -0.372. The van der Waals surface area contributed by atoms with Gasteiger partial charge in [0.25, 0.3) is 0 Å². The van der Waals surface area contributed by atoms with Gasteiger partial charge in [0.1, 0.15) is 5.82 Å². The number of fused-ring (bicyclic) bond motifs is 1. The van der Waals surface area contributed by atoms with Crippen molar-refractivity contribution in [2.75, 3.05) is 14.2 Å². The van der Waals surface area contributed by atoms with Crippen LogP contribution in [0.25, 0.3) is 0 Å². The molecule has 0 fully saturated rings. The Morgan fingerprint density at radius 3 is 2.57 bits per heavy atom. The van der Waals surface area contributed by atoms with Gasteiger partial charge in [-0.05, 0) is 29.8 Å². The molecule has 1 heterocycles. The second-order valence-corrected chi connectivity index (χ2v) is 5.05. The van der Waals surface area contributed by atoms with Crippen LogP contribution in [-0.2, 0) is 11.2 Å². The Labute approximate surface area is 132 Å². The van der Waals surface area contributed by atoms with Gasteiger partial charge in [0.05, 0.1) is 26.4 Å². The maximum atomic E-state index is 13.6. The largest absolute Gasteiger partial charge is 0.493 e. The summed E-state index contributed by atoms with van der Waals surface area (Å²) in [6.45, 7) is 0. The lowest BCUT2D eigenvalue weighted by Gasteiger charge is -2.14. The van der Waals surface area contributed by atoms with Crippen molar-refractivity contribution in [3.8, 4) is 11.5 Å². The number of ether oxygens (including phenoxy) is 2. The van der Waals surface area contributed by atoms with Gasteiger partial charge in [0.2, 0.25) is 5.91 Å². The van der Waals surface area contributed by atoms with Crippen LogP contribution >= 0.6 is 0 Å². The van der Waals surface area contributed by atoms with Crippen LogP contribution in [0.2, 0.25) is 0 Å². The number of benzene rings is 2. The molecule has 0 saturated carbocycles. The van der Waals surface area contributed by atoms with Crippen LogP contribution in [0.4, 0.5) is 4.39 Å². The molecule has 118 valence electrons. The third-order valence-electron chi connectivity index (χ3n) is 3.61. The average Bonchev–Trinajstić information content (AvgIpc) is 2.71. The lowest BCUT2D eigenvalue weighted by molar-refractivity contribution is -0.120. The van der Waals surface area contributed by atoms with Gasteiger partial charge in [-0.2, -0.15) is 5.10 Å². The lowest BCUT2D eigenvalue weighted by Crippen LogP contribution is -2.18. The molecule has 3 rings (SSSR count). The summed E-state index contributed by atoms with van der Waals surface area (Å²) in [4.78, 5) is 11.9. The number of carbonyl (C=O) groups excluding carboxylic acids is 1. The highest BCUT2D eigenvalue weighted by molar-refractivity contribution is 6.15. The molecule has 1 N–H and O–H groups in total. The molecule has 5 nitrogen and oxygen atoms in total. The highest BCUT2D eigenvalue weighted by Crippen LogP contribution is 2.32. The Balaban J connectivity index is 2.21. The number of nitrogens with one attached hydrogen (secondary N) is 1. The maximum absolute atomic E-state index is 13.6. The number of carbonyl (C=O) groups is 1. The Morgan fingerprint density at radius 2 is 1.87 bits per heavy atom. The zero-order chi connectivity index (χ0) is 16.4. The first-order chi connectivity index (χ1) is 11.1. The molecule has 2 aromatic carbocycles. The molecule has 23 heavy (non-hydrogen) atoms. The van der Waals surface area contributed by atoms with Crippen molar-refractivity contribution in [1.82, 2.24) is 5.43 Å². The molecule has 0 aromatic heterocycles. The van der Waals surface area contributed by atoms with Crippen LogP contribution in [-0.4, -0.2) is 25.8 Å². The van der Waals surface area contributed by atoms with E-state index in [2.05, 4.69) is 10.5 Å². The van der Waals surface area contributed by atoms with E-state index in [0.29, 0.717) is 28.3 Å². The molecule has 0 aliphatic carbocycles. The minimum absolute atomic E-state index is 0.151. The fourth-order valence-corrected chi connectivity index (χ4v) is 2.53. The summed E-state index contributed by atoms with van der Waals surface area (Å²) in [7, 11) is 3.06. The maximum Gasteiger partial charge on any atom is 0.244 e. The van der Waals surface area contributed by atoms with Crippen LogP contribution in [0, 0.1) is 5.82 Å². The van der Waals surface area contributed by atoms with Crippen LogP contribution in [0.15, 0.2) is 41.5 Å². The monoisotopic (exact) mass is 314 g/mol. The summed E-state index contributed by atoms with van der Waals surface area (Å²) in [6.07, 6.45) is 0.151. The Morgan fingerprint density at radius 1 is 1.13 bits per heavy atom. The van der Waals surface area contributed by atoms with Crippen molar-refractivity contribution in [3.05, 3.63) is 58.9 Å². The minimum Gasteiger partial charge on any atom is -0.493 e. The molecule has 0 saturated heterocycles. The molecule has 0 atom stereocenters. The van der Waals surface area contributed by atoms with E-state index < -0.39 is 0 Å². The predicted molar refractivity (Wildman–Crippen MR) is 83.4 cm³/mol. The van der Waals surface area contributed by atoms with E-state index in [4.69, 9.17) is 9.47 Å². The van der Waals surface area contributed by atoms with Gasteiger partial charge >= 0.3 is 0 Å². The topological polar surface area (TPSA) is 59.9 Å². The second-order valence-electron chi connectivity index (χ2n) is 5.05. The Bertz CT molecular complexity index is 802. The predicted octanol–water partition coefficient (Wildman–Crippen LogP) is 2.27. The third-order valence-corrected chi connectivity index (χ3v) is 3.61. The third kappa shape index (κ3) is 2.88. The summed E-state index contributed by atoms with van der Waals surface area (Å²) in [6, 6.07) is 9.55. The summed E-state index contributed by atoms with van der Waals surface area (Å²) in [5, 5.41) is 4.14. The molecule has 1 aliphatic heterocycles. The first-order valence-corrected chi connectivity index (χ1v) is 7.00. The van der Waals surface area contributed by atoms with E-state index in [1.807, 2.05) is 0 Å². The Hall–Kier alpha value is -2.89. The van der Waals surface area contributed by atoms with E-state index in [-0.39, 0.29) is 18.1 Å². The van der Waals surface area contributed by atoms with Gasteiger partial charge in [-0.25, -0.2) is 9.82 Å². The second kappa shape index (κ2) is 6.08. The average molecular weight is 314 g/mol. The Kier molecular flexibility index (Phi) is 3.97. The van der Waals surface area contributed by atoms with Crippen LogP contribution in [0.5, 0.6) is 11.5 Å². The van der Waals surface area contributed by atoms with Crippen molar-refractivity contribution in [1.29, 1.82) is 0 Å². The van der Waals surface area contributed by atoms with Crippen molar-refractivity contribution in [2.45, 2.75) is 6.42 Å². The number of amides is 1. The number of hydrogen-bond acceptors (Lipinski definition) is 4. The molecular formula is C17H15FN2O3. The highest BCUT2D eigenvalue weighted by Gasteiger charge is 2.22. The van der Waals surface area contributed by atoms with Gasteiger partial charge in [0, 0.05) is 11.1 Å². The van der Waals surface area contributed by atoms with Crippen molar-refractivity contribution in [2.24, 2.45) is 5.10 Å². The fraction of sp³-hybridized carbons (Fsp3) is 0.176. The number of hydrazone groups is 1. The number of hydrogen-bond donors (Lipinski definition) is 1. The van der Waals surface area contributed by atoms with Crippen molar-refractivity contribution < 1.29 is 18.7 Å². The van der Waals surface area contributed by atoms with Crippen LogP contribution in [0.3, 0.4) is 0 Å². The van der Waals surface area contributed by atoms with Gasteiger partial charge in [-0.3, -0.25) is 4.79 Å². The molecular weight excluding hydrogens is 299 g/mol. The van der Waals surface area contributed by atoms with Gasteiger partial charge in [-0.1, -0.05) is 12.1 Å². The van der Waals surface area contributed by atoms with E-state index >= 15 is 0 Å². The van der Waals surface area contributed by atoms with E-state index in [1.54, 1.807) is 24.3 Å². The molecule has 0 bridgehead atoms. The molecule has 0 spiro atoms. The van der Waals surface area contributed by atoms with E-state index in [9.17, 15) is 9.18 Å². The summed E-state index contributed by atoms with van der Waals surface area (Å²) < 4.78 is 24.2. The van der Waals surface area contributed by atoms with Crippen LogP contribution < -0.4 is 14.9 Å². The molecule has 0 unspecified atom stereocenters. The number of methoxy groups -OCH3 is 2. The SMILES string of the molecule is COc1cc2c(cc1OC)C(c1cccc(F)c1)=NNC(=O)C2. The van der Waals surface area contributed by atoms with Gasteiger partial charge in [0.15, 0.2) is 11.5 Å². The lowest BCUT2D eigenvalue weighted by atomic mass is 9.95. The number of rotatable bonds is 3. The molecule has 1 amide bonds. The zero-order valence-electron chi connectivity index (χ0n) is 12.7. The number of nitrogens with zero attached hydrogens (tertiary/aromatic N) is 1. The molecule has 2 aromatic rings. The smallest absolute Gasteiger partial charge is 0.244 e. The van der Waals surface area contributed by atoms with E-state index in [1.165, 1.54) is 26.4 Å². The van der Waals surface area contributed by atoms with Gasteiger partial charge < -0.3 is 9.47 Å². The zero-order valence-corrected chi connectivity index (χ0v) is 12.7. The van der Waals surface area contributed by atoms with E-state index in [0.717, 1.165) is 5.56 Å². The molecule has 0 radical (unpaired) electrons. The summed E-state index contributed by atoms with van der Waals surface area (Å²) in [5.74, 6) is 0.428. The normalized spacial score (nSPS) is 13.5. The fourth-order valence-electron chi connectivity index (χ4n) is 2.53. The van der Waals surface area contributed by atoms with Crippen LogP contribution in [0.1, 0.15) is 16.7 Å². The quantitative estimate of drug-likeness (QED) is 0.945. The summed E-state index contributed by atoms with van der Waals surface area (Å²) in [5.41, 5.74) is 4.96. The van der Waals surface area contributed by atoms with Gasteiger partial charge in [-0.15, -0.1) is 0 Å². The summed E-state index contributed by atoms with van der Waals surface area (Å²) >= 11 is 0. The van der Waals surface area contributed by atoms with Crippen molar-refractivity contribution in [3.63, 3.8) is 0 Å². The van der Waals surface area contributed by atoms with Crippen molar-refractivity contribution >= 4 is 11.6 Å². The standard InChI is InChI=1S/C17H15FN2O3/c1-22-14-7-11-8-16(21)19-20-17(13(11)9-15(14)23-2)10-4-3-5-12(18)6-10/h3-7,9H,8H2,1-2H3,(H,19,21). The highest BCUT2D eigenvalue weighted by atomic mass is 19.1. The molecule has 1 aliphatic rings. The first-order valence-electron chi connectivity index (χ1n) is 7.00.